The van der Waals surface area contributed by atoms with Gasteiger partial charge in [0.15, 0.2) is 0 Å². The Hall–Kier alpha value is -6.67. The summed E-state index contributed by atoms with van der Waals surface area (Å²) in [6, 6.07) is 31.8. The van der Waals surface area contributed by atoms with Crippen LogP contribution in [0.25, 0.3) is 22.3 Å². The largest absolute Gasteiger partial charge is 0.453 e. The van der Waals surface area contributed by atoms with E-state index in [0.29, 0.717) is 17.9 Å². The maximum atomic E-state index is 13.9. The van der Waals surface area contributed by atoms with Crippen LogP contribution in [0.3, 0.4) is 0 Å². The van der Waals surface area contributed by atoms with Gasteiger partial charge >= 0.3 is 6.09 Å². The summed E-state index contributed by atoms with van der Waals surface area (Å²) in [5, 5.41) is 2.71. The SMILES string of the molecule is COC(=O)N[C@@H](C(=O)N1CCC[C@H]1c1nc(-c2ccc(C#Cc3ccc4[nH]c([C@@H]5CCCN5C(=O)[C@H](C)c5ccccc5)nc4c3)cc2)c[nH]1)c1ccccc1. The molecule has 8 rings (SSSR count). The molecule has 2 aromatic heterocycles. The molecule has 0 unspecified atom stereocenters. The summed E-state index contributed by atoms with van der Waals surface area (Å²) >= 11 is 0. The highest BCUT2D eigenvalue weighted by Gasteiger charge is 2.37. The molecule has 0 saturated carbocycles. The third-order valence-corrected chi connectivity index (χ3v) is 10.8. The van der Waals surface area contributed by atoms with Crippen LogP contribution in [0.15, 0.2) is 109 Å². The third-order valence-electron chi connectivity index (χ3n) is 10.8. The van der Waals surface area contributed by atoms with Crippen LogP contribution in [0.2, 0.25) is 0 Å². The molecule has 2 aliphatic rings. The summed E-state index contributed by atoms with van der Waals surface area (Å²) in [5.74, 6) is 7.77. The number of nitrogens with zero attached hydrogens (tertiary/aromatic N) is 4. The van der Waals surface area contributed by atoms with Crippen molar-refractivity contribution in [1.82, 2.24) is 35.1 Å². The van der Waals surface area contributed by atoms with Crippen molar-refractivity contribution in [2.24, 2.45) is 0 Å². The molecule has 0 bridgehead atoms. The van der Waals surface area contributed by atoms with E-state index in [0.717, 1.165) is 77.0 Å². The van der Waals surface area contributed by atoms with Gasteiger partial charge in [-0.1, -0.05) is 84.6 Å². The number of carbonyl (C=O) groups excluding carboxylic acids is 3. The van der Waals surface area contributed by atoms with Gasteiger partial charge in [0, 0.05) is 36.0 Å². The number of aromatic nitrogens is 4. The van der Waals surface area contributed by atoms with Crippen LogP contribution < -0.4 is 5.32 Å². The number of H-pyrrole nitrogens is 2. The standard InChI is InChI=1S/C45H43N7O4/c1-29(32-11-5-3-6-12-32)43(53)51-25-10-16-39(51)42-47-35-24-21-31(27-36(35)48-42)18-17-30-19-22-33(23-20-30)37-28-46-41(49-37)38-15-9-26-52(38)44(54)40(50-45(55)56-2)34-13-7-4-8-14-34/h3-8,11-14,19-24,27-29,38-40H,9-10,15-16,25-26H2,1-2H3,(H,46,49)(H,47,48)(H,50,55)/t29-,38+,39+,40-/m1/s1. The number of carbonyl (C=O) groups is 3. The monoisotopic (exact) mass is 745 g/mol. The zero-order chi connectivity index (χ0) is 38.6. The Morgan fingerprint density at radius 1 is 0.768 bits per heavy atom. The maximum Gasteiger partial charge on any atom is 0.407 e. The number of nitrogens with one attached hydrogen (secondary N) is 3. The summed E-state index contributed by atoms with van der Waals surface area (Å²) < 4.78 is 4.82. The summed E-state index contributed by atoms with van der Waals surface area (Å²) in [6.07, 6.45) is 4.59. The number of aromatic amines is 2. The van der Waals surface area contributed by atoms with Crippen LogP contribution in [0.1, 0.15) is 90.6 Å². The first-order valence-corrected chi connectivity index (χ1v) is 19.1. The van der Waals surface area contributed by atoms with E-state index in [9.17, 15) is 14.4 Å². The van der Waals surface area contributed by atoms with Crippen molar-refractivity contribution >= 4 is 28.9 Å². The molecule has 4 atom stereocenters. The predicted octanol–water partition coefficient (Wildman–Crippen LogP) is 7.58. The van der Waals surface area contributed by atoms with Crippen molar-refractivity contribution in [3.05, 3.63) is 143 Å². The lowest BCUT2D eigenvalue weighted by molar-refractivity contribution is -0.135. The maximum absolute atomic E-state index is 13.9. The number of fused-ring (bicyclic) bond motifs is 1. The summed E-state index contributed by atoms with van der Waals surface area (Å²) in [4.78, 5) is 59.9. The number of hydrogen-bond acceptors (Lipinski definition) is 6. The number of likely N-dealkylation sites (tertiary alicyclic amines) is 2. The molecule has 0 aliphatic carbocycles. The highest BCUT2D eigenvalue weighted by atomic mass is 16.5. The minimum atomic E-state index is -0.875. The van der Waals surface area contributed by atoms with Gasteiger partial charge in [-0.15, -0.1) is 0 Å². The first-order valence-electron chi connectivity index (χ1n) is 19.1. The highest BCUT2D eigenvalue weighted by molar-refractivity contribution is 5.87. The lowest BCUT2D eigenvalue weighted by Crippen LogP contribution is -2.42. The lowest BCUT2D eigenvalue weighted by atomic mass is 9.99. The van der Waals surface area contributed by atoms with E-state index in [4.69, 9.17) is 14.7 Å². The van der Waals surface area contributed by atoms with E-state index in [1.54, 1.807) is 4.90 Å². The summed E-state index contributed by atoms with van der Waals surface area (Å²) in [5.41, 5.74) is 6.84. The molecule has 2 aliphatic heterocycles. The van der Waals surface area contributed by atoms with Gasteiger partial charge in [-0.25, -0.2) is 14.8 Å². The predicted molar refractivity (Wildman–Crippen MR) is 213 cm³/mol. The van der Waals surface area contributed by atoms with Crippen LogP contribution in [0, 0.1) is 11.8 Å². The Bertz CT molecular complexity index is 2410. The fourth-order valence-corrected chi connectivity index (χ4v) is 7.82. The average molecular weight is 746 g/mol. The van der Waals surface area contributed by atoms with Crippen molar-refractivity contribution in [3.8, 4) is 23.1 Å². The van der Waals surface area contributed by atoms with Crippen LogP contribution in [0.4, 0.5) is 4.79 Å². The molecule has 2 saturated heterocycles. The van der Waals surface area contributed by atoms with Crippen LogP contribution in [-0.4, -0.2) is 67.8 Å². The number of methoxy groups -OCH3 is 1. The van der Waals surface area contributed by atoms with Crippen LogP contribution in [-0.2, 0) is 14.3 Å². The minimum Gasteiger partial charge on any atom is -0.453 e. The van der Waals surface area contributed by atoms with Crippen molar-refractivity contribution in [2.45, 2.75) is 56.7 Å². The van der Waals surface area contributed by atoms with Crippen molar-refractivity contribution in [1.29, 1.82) is 0 Å². The van der Waals surface area contributed by atoms with Crippen molar-refractivity contribution in [2.75, 3.05) is 20.2 Å². The zero-order valence-corrected chi connectivity index (χ0v) is 31.4. The second kappa shape index (κ2) is 16.0. The van der Waals surface area contributed by atoms with Crippen LogP contribution in [0.5, 0.6) is 0 Å². The minimum absolute atomic E-state index is 0.0818. The number of hydrogen-bond donors (Lipinski definition) is 3. The van der Waals surface area contributed by atoms with Gasteiger partial charge in [0.25, 0.3) is 5.91 Å². The van der Waals surface area contributed by atoms with E-state index >= 15 is 0 Å². The van der Waals surface area contributed by atoms with Crippen molar-refractivity contribution in [3.63, 3.8) is 0 Å². The molecule has 4 aromatic carbocycles. The molecule has 0 radical (unpaired) electrons. The van der Waals surface area contributed by atoms with Gasteiger partial charge < -0.3 is 29.8 Å². The topological polar surface area (TPSA) is 136 Å². The third kappa shape index (κ3) is 7.51. The lowest BCUT2D eigenvalue weighted by Gasteiger charge is -2.28. The van der Waals surface area contributed by atoms with Gasteiger partial charge in [0.2, 0.25) is 5.91 Å². The molecule has 56 heavy (non-hydrogen) atoms. The second-order valence-electron chi connectivity index (χ2n) is 14.3. The number of rotatable bonds is 8. The van der Waals surface area contributed by atoms with Gasteiger partial charge in [0.05, 0.1) is 41.8 Å². The molecular formula is C45H43N7O4. The van der Waals surface area contributed by atoms with Crippen LogP contribution >= 0.6 is 0 Å². The normalized spacial score (nSPS) is 17.6. The fourth-order valence-electron chi connectivity index (χ4n) is 7.82. The Kier molecular flexibility index (Phi) is 10.4. The van der Waals surface area contributed by atoms with Gasteiger partial charge in [0.1, 0.15) is 17.7 Å². The van der Waals surface area contributed by atoms with Gasteiger partial charge in [-0.3, -0.25) is 9.59 Å². The number of imidazole rings is 2. The van der Waals surface area contributed by atoms with Gasteiger partial charge in [-0.2, -0.15) is 0 Å². The molecule has 11 nitrogen and oxygen atoms in total. The number of amides is 3. The zero-order valence-electron chi connectivity index (χ0n) is 31.4. The second-order valence-corrected chi connectivity index (χ2v) is 14.3. The Balaban J connectivity index is 0.936. The molecule has 0 spiro atoms. The van der Waals surface area contributed by atoms with Gasteiger partial charge in [-0.05, 0) is 74.1 Å². The fraction of sp³-hybridized carbons (Fsp3) is 0.267. The van der Waals surface area contributed by atoms with E-state index in [1.807, 2.05) is 121 Å². The highest BCUT2D eigenvalue weighted by Crippen LogP contribution is 2.36. The quantitative estimate of drug-likeness (QED) is 0.138. The smallest absolute Gasteiger partial charge is 0.407 e. The molecule has 4 heterocycles. The summed E-state index contributed by atoms with van der Waals surface area (Å²) in [6.45, 7) is 3.26. The molecule has 3 N–H and O–H groups in total. The first kappa shape index (κ1) is 36.3. The van der Waals surface area contributed by atoms with E-state index < -0.39 is 12.1 Å². The number of benzene rings is 4. The molecule has 6 aromatic rings. The Morgan fingerprint density at radius 3 is 2.09 bits per heavy atom. The summed E-state index contributed by atoms with van der Waals surface area (Å²) in [7, 11) is 1.28. The van der Waals surface area contributed by atoms with E-state index in [1.165, 1.54) is 7.11 Å². The Labute approximate surface area is 325 Å². The first-order chi connectivity index (χ1) is 27.4. The molecule has 2 fully saturated rings. The Morgan fingerprint density at radius 2 is 1.39 bits per heavy atom. The number of ether oxygens (including phenoxy) is 1. The van der Waals surface area contributed by atoms with E-state index in [-0.39, 0.29) is 29.8 Å². The average Bonchev–Trinajstić information content (AvgIpc) is 4.08. The molecule has 11 heteroatoms. The van der Waals surface area contributed by atoms with Crippen molar-refractivity contribution < 1.29 is 19.1 Å². The molecular weight excluding hydrogens is 703 g/mol. The molecule has 3 amide bonds. The van der Waals surface area contributed by atoms with E-state index in [2.05, 4.69) is 27.1 Å². The number of alkyl carbamates (subject to hydrolysis) is 1. The molecule has 282 valence electrons.